The quantitative estimate of drug-likeness (QED) is 0.583. The van der Waals surface area contributed by atoms with Crippen LogP contribution in [-0.4, -0.2) is 38.7 Å². The van der Waals surface area contributed by atoms with Crippen LogP contribution in [0.25, 0.3) is 0 Å². The molecule has 1 amide bonds. The van der Waals surface area contributed by atoms with Crippen molar-refractivity contribution in [2.75, 3.05) is 25.1 Å². The van der Waals surface area contributed by atoms with Crippen molar-refractivity contribution in [2.24, 2.45) is 0 Å². The second-order valence-corrected chi connectivity index (χ2v) is 5.20. The van der Waals surface area contributed by atoms with E-state index in [2.05, 4.69) is 15.0 Å². The lowest BCUT2D eigenvalue weighted by atomic mass is 10.3. The largest absolute Gasteiger partial charge is 0.384 e. The van der Waals surface area contributed by atoms with Crippen LogP contribution >= 0.6 is 0 Å². The van der Waals surface area contributed by atoms with Crippen LogP contribution in [0.1, 0.15) is 10.5 Å². The Bertz CT molecular complexity index is 501. The number of nitrogens with two attached hydrogens (primary N) is 1. The van der Waals surface area contributed by atoms with Crippen molar-refractivity contribution in [1.82, 2.24) is 15.0 Å². The van der Waals surface area contributed by atoms with Gasteiger partial charge in [0.05, 0.1) is 6.26 Å². The molecule has 94 valence electrons. The smallest absolute Gasteiger partial charge is 0.270 e. The maximum Gasteiger partial charge on any atom is 0.270 e. The molecule has 1 aromatic rings. The van der Waals surface area contributed by atoms with E-state index in [1.54, 1.807) is 12.1 Å². The average Bonchev–Trinajstić information content (AvgIpc) is 2.23. The Hall–Kier alpha value is -1.67. The number of aromatic nitrogens is 1. The van der Waals surface area contributed by atoms with Crippen LogP contribution < -0.4 is 15.8 Å². The van der Waals surface area contributed by atoms with Crippen molar-refractivity contribution in [3.05, 3.63) is 23.9 Å². The number of sulfonamides is 1. The zero-order chi connectivity index (χ0) is 12.9. The van der Waals surface area contributed by atoms with E-state index >= 15 is 0 Å². The topological polar surface area (TPSA) is 114 Å². The summed E-state index contributed by atoms with van der Waals surface area (Å²) >= 11 is 0. The summed E-state index contributed by atoms with van der Waals surface area (Å²) < 4.78 is 23.7. The molecule has 1 aromatic heterocycles. The van der Waals surface area contributed by atoms with Crippen LogP contribution in [0.3, 0.4) is 0 Å². The van der Waals surface area contributed by atoms with E-state index in [0.717, 1.165) is 6.26 Å². The molecule has 0 aromatic carbocycles. The zero-order valence-corrected chi connectivity index (χ0v) is 10.1. The number of hydrogen-bond acceptors (Lipinski definition) is 5. The standard InChI is InChI=1S/C9H14N4O3S/c1-17(15,16)12-6-5-11-9(14)7-3-2-4-8(10)13-7/h2-4,12H,5-6H2,1H3,(H2,10,13)(H,11,14). The molecule has 0 bridgehead atoms. The van der Waals surface area contributed by atoms with Gasteiger partial charge in [0.1, 0.15) is 11.5 Å². The first-order valence-corrected chi connectivity index (χ1v) is 6.73. The van der Waals surface area contributed by atoms with Crippen LogP contribution in [0.15, 0.2) is 18.2 Å². The van der Waals surface area contributed by atoms with E-state index in [4.69, 9.17) is 5.73 Å². The molecule has 0 aliphatic rings. The van der Waals surface area contributed by atoms with Gasteiger partial charge in [-0.15, -0.1) is 0 Å². The highest BCUT2D eigenvalue weighted by molar-refractivity contribution is 7.88. The van der Waals surface area contributed by atoms with Gasteiger partial charge >= 0.3 is 0 Å². The first-order valence-electron chi connectivity index (χ1n) is 4.84. The van der Waals surface area contributed by atoms with Crippen molar-refractivity contribution >= 4 is 21.7 Å². The highest BCUT2D eigenvalue weighted by atomic mass is 32.2. The Balaban J connectivity index is 2.41. The third-order valence-electron chi connectivity index (χ3n) is 1.78. The summed E-state index contributed by atoms with van der Waals surface area (Å²) in [5.41, 5.74) is 5.62. The summed E-state index contributed by atoms with van der Waals surface area (Å²) in [5.74, 6) is -0.139. The van der Waals surface area contributed by atoms with E-state index < -0.39 is 15.9 Å². The fourth-order valence-corrected chi connectivity index (χ4v) is 1.55. The lowest BCUT2D eigenvalue weighted by Crippen LogP contribution is -2.34. The first-order chi connectivity index (χ1) is 7.88. The summed E-state index contributed by atoms with van der Waals surface area (Å²) in [6.45, 7) is 0.315. The maximum atomic E-state index is 11.5. The third kappa shape index (κ3) is 5.27. The SMILES string of the molecule is CS(=O)(=O)NCCNC(=O)c1cccc(N)n1. The zero-order valence-electron chi connectivity index (χ0n) is 9.30. The molecule has 8 heteroatoms. The van der Waals surface area contributed by atoms with Gasteiger partial charge in [0.15, 0.2) is 0 Å². The molecule has 0 radical (unpaired) electrons. The van der Waals surface area contributed by atoms with E-state index in [-0.39, 0.29) is 24.6 Å². The van der Waals surface area contributed by atoms with Crippen LogP contribution in [0.5, 0.6) is 0 Å². The molecule has 1 heterocycles. The average molecular weight is 258 g/mol. The molecule has 0 fully saturated rings. The number of hydrogen-bond donors (Lipinski definition) is 3. The second kappa shape index (κ2) is 5.60. The summed E-state index contributed by atoms with van der Waals surface area (Å²) in [5, 5.41) is 2.51. The lowest BCUT2D eigenvalue weighted by molar-refractivity contribution is 0.0949. The second-order valence-electron chi connectivity index (χ2n) is 3.37. The Morgan fingerprint density at radius 3 is 2.71 bits per heavy atom. The van der Waals surface area contributed by atoms with Crippen molar-refractivity contribution in [1.29, 1.82) is 0 Å². The fourth-order valence-electron chi connectivity index (χ4n) is 1.08. The first kappa shape index (κ1) is 13.4. The van der Waals surface area contributed by atoms with Gasteiger partial charge in [0.2, 0.25) is 10.0 Å². The lowest BCUT2D eigenvalue weighted by Gasteiger charge is -2.05. The van der Waals surface area contributed by atoms with Crippen molar-refractivity contribution in [3.63, 3.8) is 0 Å². The molecule has 0 aliphatic heterocycles. The van der Waals surface area contributed by atoms with E-state index in [1.165, 1.54) is 6.07 Å². The number of carbonyl (C=O) groups is 1. The minimum Gasteiger partial charge on any atom is -0.384 e. The summed E-state index contributed by atoms with van der Waals surface area (Å²) in [6.07, 6.45) is 1.05. The molecule has 0 saturated carbocycles. The highest BCUT2D eigenvalue weighted by Crippen LogP contribution is 1.99. The van der Waals surface area contributed by atoms with Gasteiger partial charge in [-0.05, 0) is 12.1 Å². The van der Waals surface area contributed by atoms with Crippen LogP contribution in [0, 0.1) is 0 Å². The van der Waals surface area contributed by atoms with Gasteiger partial charge < -0.3 is 11.1 Å². The van der Waals surface area contributed by atoms with Gasteiger partial charge in [0, 0.05) is 13.1 Å². The number of anilines is 1. The van der Waals surface area contributed by atoms with Crippen LogP contribution in [-0.2, 0) is 10.0 Å². The summed E-state index contributed by atoms with van der Waals surface area (Å²) in [6, 6.07) is 4.71. The van der Waals surface area contributed by atoms with Gasteiger partial charge in [-0.25, -0.2) is 18.1 Å². The van der Waals surface area contributed by atoms with Gasteiger partial charge in [-0.1, -0.05) is 6.07 Å². The van der Waals surface area contributed by atoms with Gasteiger partial charge in [0.25, 0.3) is 5.91 Å². The molecular weight excluding hydrogens is 244 g/mol. The molecule has 0 atom stereocenters. The van der Waals surface area contributed by atoms with Gasteiger partial charge in [-0.2, -0.15) is 0 Å². The highest BCUT2D eigenvalue weighted by Gasteiger charge is 2.06. The number of carbonyl (C=O) groups excluding carboxylic acids is 1. The number of nitrogen functional groups attached to an aromatic ring is 1. The van der Waals surface area contributed by atoms with E-state index in [0.29, 0.717) is 0 Å². The molecule has 0 unspecified atom stereocenters. The van der Waals surface area contributed by atoms with Gasteiger partial charge in [-0.3, -0.25) is 4.79 Å². The third-order valence-corrected chi connectivity index (χ3v) is 2.51. The molecule has 1 rings (SSSR count). The predicted octanol–water partition coefficient (Wildman–Crippen LogP) is -1.06. The molecular formula is C9H14N4O3S. The van der Waals surface area contributed by atoms with Crippen LogP contribution in [0.2, 0.25) is 0 Å². The molecule has 4 N–H and O–H groups in total. The van der Waals surface area contributed by atoms with E-state index in [9.17, 15) is 13.2 Å². The van der Waals surface area contributed by atoms with Crippen molar-refractivity contribution in [3.8, 4) is 0 Å². The predicted molar refractivity (Wildman–Crippen MR) is 63.8 cm³/mol. The summed E-state index contributed by atoms with van der Waals surface area (Å²) in [7, 11) is -3.23. The summed E-state index contributed by atoms with van der Waals surface area (Å²) in [4.78, 5) is 15.3. The Labute approximate surface area is 99.5 Å². The monoisotopic (exact) mass is 258 g/mol. The minimum atomic E-state index is -3.23. The Morgan fingerprint density at radius 2 is 2.12 bits per heavy atom. The normalized spacial score (nSPS) is 11.1. The molecule has 0 aliphatic carbocycles. The minimum absolute atomic E-state index is 0.132. The van der Waals surface area contributed by atoms with Crippen LogP contribution in [0.4, 0.5) is 5.82 Å². The number of nitrogens with one attached hydrogen (secondary N) is 2. The number of amides is 1. The molecule has 17 heavy (non-hydrogen) atoms. The van der Waals surface area contributed by atoms with E-state index in [1.807, 2.05) is 0 Å². The Morgan fingerprint density at radius 1 is 1.41 bits per heavy atom. The molecule has 0 spiro atoms. The maximum absolute atomic E-state index is 11.5. The Kier molecular flexibility index (Phi) is 4.41. The number of rotatable bonds is 5. The van der Waals surface area contributed by atoms with Crippen molar-refractivity contribution < 1.29 is 13.2 Å². The number of nitrogens with zero attached hydrogens (tertiary/aromatic N) is 1. The van der Waals surface area contributed by atoms with Crippen molar-refractivity contribution in [2.45, 2.75) is 0 Å². The molecule has 7 nitrogen and oxygen atoms in total. The number of pyridine rings is 1. The molecule has 0 saturated heterocycles. The fraction of sp³-hybridized carbons (Fsp3) is 0.333.